The highest BCUT2D eigenvalue weighted by Crippen LogP contribution is 2.36. The lowest BCUT2D eigenvalue weighted by atomic mass is 9.96. The Hall–Kier alpha value is -2.45. The second kappa shape index (κ2) is 10.9. The van der Waals surface area contributed by atoms with E-state index in [1.807, 2.05) is 18.2 Å². The average Bonchev–Trinajstić information content (AvgIpc) is 3.25. The van der Waals surface area contributed by atoms with E-state index in [-0.39, 0.29) is 23.2 Å². The second-order valence-electron chi connectivity index (χ2n) is 9.29. The fourth-order valence-corrected chi connectivity index (χ4v) is 6.62. The van der Waals surface area contributed by atoms with Gasteiger partial charge >= 0.3 is 0 Å². The standard InChI is InChI=1S/C28H27ClN2O3S2/c1-17(2)23-14-21-24(15-34-23)36-26-25(21)27(33)31(13-12-18-6-4-3-5-7-18)28(30-26)35-16-22(32)19-8-10-20(29)11-9-19/h3-11,17,23H,12-16H2,1-2H3/t23-/m0/s1. The fourth-order valence-electron chi connectivity index (χ4n) is 4.41. The zero-order valence-corrected chi connectivity index (χ0v) is 22.6. The minimum Gasteiger partial charge on any atom is -0.372 e. The van der Waals surface area contributed by atoms with E-state index in [1.165, 1.54) is 23.1 Å². The summed E-state index contributed by atoms with van der Waals surface area (Å²) in [7, 11) is 0. The van der Waals surface area contributed by atoms with Crippen LogP contribution in [-0.2, 0) is 30.7 Å². The summed E-state index contributed by atoms with van der Waals surface area (Å²) >= 11 is 8.81. The van der Waals surface area contributed by atoms with Gasteiger partial charge in [-0.15, -0.1) is 11.3 Å². The molecule has 3 heterocycles. The first-order valence-corrected chi connectivity index (χ1v) is 14.2. The Morgan fingerprint density at radius 1 is 1.19 bits per heavy atom. The van der Waals surface area contributed by atoms with Crippen molar-refractivity contribution in [3.05, 3.63) is 91.5 Å². The number of carbonyl (C=O) groups excluding carboxylic acids is 1. The zero-order chi connectivity index (χ0) is 25.2. The lowest BCUT2D eigenvalue weighted by Crippen LogP contribution is -2.29. The maximum absolute atomic E-state index is 13.9. The highest BCUT2D eigenvalue weighted by Gasteiger charge is 2.28. The van der Waals surface area contributed by atoms with Gasteiger partial charge in [0.15, 0.2) is 10.9 Å². The number of benzene rings is 2. The third-order valence-corrected chi connectivity index (χ3v) is 8.83. The van der Waals surface area contributed by atoms with E-state index in [2.05, 4.69) is 26.0 Å². The minimum absolute atomic E-state index is 0.0284. The Labute approximate surface area is 223 Å². The Bertz CT molecular complexity index is 1450. The van der Waals surface area contributed by atoms with Gasteiger partial charge in [-0.3, -0.25) is 14.2 Å². The largest absolute Gasteiger partial charge is 0.372 e. The highest BCUT2D eigenvalue weighted by molar-refractivity contribution is 7.99. The Morgan fingerprint density at radius 3 is 2.67 bits per heavy atom. The lowest BCUT2D eigenvalue weighted by Gasteiger charge is -2.26. The number of carbonyl (C=O) groups is 1. The monoisotopic (exact) mass is 538 g/mol. The summed E-state index contributed by atoms with van der Waals surface area (Å²) in [6, 6.07) is 17.0. The molecule has 0 aliphatic carbocycles. The maximum atomic E-state index is 13.9. The molecule has 5 nitrogen and oxygen atoms in total. The fraction of sp³-hybridized carbons (Fsp3) is 0.321. The SMILES string of the molecule is CC(C)[C@@H]1Cc2c(sc3nc(SCC(=O)c4ccc(Cl)cc4)n(CCc4ccccc4)c(=O)c23)CO1. The van der Waals surface area contributed by atoms with Crippen LogP contribution in [0.3, 0.4) is 0 Å². The number of aryl methyl sites for hydroxylation is 1. The number of fused-ring (bicyclic) bond motifs is 3. The van der Waals surface area contributed by atoms with Crippen molar-refractivity contribution >= 4 is 50.7 Å². The first-order valence-electron chi connectivity index (χ1n) is 12.0. The zero-order valence-electron chi connectivity index (χ0n) is 20.2. The normalized spacial score (nSPS) is 15.4. The molecule has 186 valence electrons. The summed E-state index contributed by atoms with van der Waals surface area (Å²) in [6.45, 7) is 5.30. The molecule has 0 fully saturated rings. The van der Waals surface area contributed by atoms with E-state index in [0.29, 0.717) is 46.6 Å². The summed E-state index contributed by atoms with van der Waals surface area (Å²) in [5.74, 6) is 0.531. The van der Waals surface area contributed by atoms with Crippen molar-refractivity contribution in [2.75, 3.05) is 5.75 Å². The molecule has 1 atom stereocenters. The number of ketones is 1. The van der Waals surface area contributed by atoms with Crippen LogP contribution in [0, 0.1) is 5.92 Å². The number of ether oxygens (including phenoxy) is 1. The van der Waals surface area contributed by atoms with Crippen molar-refractivity contribution in [3.8, 4) is 0 Å². The molecule has 1 aliphatic heterocycles. The number of aromatic nitrogens is 2. The second-order valence-corrected chi connectivity index (χ2v) is 11.7. The van der Waals surface area contributed by atoms with E-state index in [9.17, 15) is 9.59 Å². The van der Waals surface area contributed by atoms with Gasteiger partial charge in [0, 0.05) is 28.4 Å². The summed E-state index contributed by atoms with van der Waals surface area (Å²) in [5.41, 5.74) is 2.80. The van der Waals surface area contributed by atoms with E-state index >= 15 is 0 Å². The molecular formula is C28H27ClN2O3S2. The smallest absolute Gasteiger partial charge is 0.263 e. The predicted molar refractivity (Wildman–Crippen MR) is 148 cm³/mol. The van der Waals surface area contributed by atoms with Gasteiger partial charge in [-0.05, 0) is 47.7 Å². The van der Waals surface area contributed by atoms with Crippen molar-refractivity contribution in [1.29, 1.82) is 0 Å². The molecule has 0 saturated heterocycles. The minimum atomic E-state index is -0.0285. The topological polar surface area (TPSA) is 61.2 Å². The number of hydrogen-bond donors (Lipinski definition) is 0. The van der Waals surface area contributed by atoms with Crippen LogP contribution in [0.4, 0.5) is 0 Å². The van der Waals surface area contributed by atoms with Gasteiger partial charge in [0.1, 0.15) is 4.83 Å². The predicted octanol–water partition coefficient (Wildman–Crippen LogP) is 6.43. The average molecular weight is 539 g/mol. The quantitative estimate of drug-likeness (QED) is 0.147. The van der Waals surface area contributed by atoms with Gasteiger partial charge in [-0.2, -0.15) is 0 Å². The van der Waals surface area contributed by atoms with Crippen molar-refractivity contribution in [3.63, 3.8) is 0 Å². The van der Waals surface area contributed by atoms with Gasteiger partial charge in [-0.1, -0.05) is 67.5 Å². The van der Waals surface area contributed by atoms with E-state index in [4.69, 9.17) is 21.3 Å². The molecule has 2 aromatic carbocycles. The first kappa shape index (κ1) is 25.2. The molecule has 2 aromatic heterocycles. The number of rotatable bonds is 8. The molecule has 0 bridgehead atoms. The summed E-state index contributed by atoms with van der Waals surface area (Å²) < 4.78 is 7.80. The van der Waals surface area contributed by atoms with Gasteiger partial charge in [0.2, 0.25) is 0 Å². The summed E-state index contributed by atoms with van der Waals surface area (Å²) in [4.78, 5) is 33.5. The van der Waals surface area contributed by atoms with Crippen LogP contribution >= 0.6 is 34.7 Å². The van der Waals surface area contributed by atoms with Crippen LogP contribution in [0.25, 0.3) is 10.2 Å². The van der Waals surface area contributed by atoms with E-state index < -0.39 is 0 Å². The van der Waals surface area contributed by atoms with Crippen molar-refractivity contribution in [1.82, 2.24) is 9.55 Å². The summed E-state index contributed by atoms with van der Waals surface area (Å²) in [5, 5.41) is 1.88. The van der Waals surface area contributed by atoms with Gasteiger partial charge in [0.05, 0.1) is 23.8 Å². The van der Waals surface area contributed by atoms with Gasteiger partial charge in [-0.25, -0.2) is 4.98 Å². The number of nitrogens with zero attached hydrogens (tertiary/aromatic N) is 2. The molecule has 0 amide bonds. The van der Waals surface area contributed by atoms with Crippen LogP contribution in [0.1, 0.15) is 40.2 Å². The molecule has 4 aromatic rings. The van der Waals surface area contributed by atoms with E-state index in [0.717, 1.165) is 27.3 Å². The molecular weight excluding hydrogens is 512 g/mol. The number of halogens is 1. The lowest BCUT2D eigenvalue weighted by molar-refractivity contribution is 0.00200. The Morgan fingerprint density at radius 2 is 1.94 bits per heavy atom. The van der Waals surface area contributed by atoms with E-state index in [1.54, 1.807) is 28.8 Å². The molecule has 1 aliphatic rings. The Balaban J connectivity index is 1.50. The summed E-state index contributed by atoms with van der Waals surface area (Å²) in [6.07, 6.45) is 1.53. The van der Waals surface area contributed by atoms with Crippen LogP contribution < -0.4 is 5.56 Å². The maximum Gasteiger partial charge on any atom is 0.263 e. The van der Waals surface area contributed by atoms with Gasteiger partial charge in [0.25, 0.3) is 5.56 Å². The van der Waals surface area contributed by atoms with Gasteiger partial charge < -0.3 is 4.74 Å². The Kier molecular flexibility index (Phi) is 7.62. The number of hydrogen-bond acceptors (Lipinski definition) is 6. The van der Waals surface area contributed by atoms with Crippen molar-refractivity contribution in [2.45, 2.75) is 51.1 Å². The molecule has 0 spiro atoms. The molecule has 0 unspecified atom stereocenters. The molecule has 0 saturated carbocycles. The third-order valence-electron chi connectivity index (χ3n) is 6.50. The van der Waals surface area contributed by atoms with Crippen LogP contribution in [0.5, 0.6) is 0 Å². The van der Waals surface area contributed by atoms with Crippen LogP contribution in [-0.4, -0.2) is 27.2 Å². The number of Topliss-reactive ketones (excluding diaryl/α,β-unsaturated/α-hetero) is 1. The van der Waals surface area contributed by atoms with Crippen LogP contribution in [0.15, 0.2) is 64.5 Å². The molecule has 36 heavy (non-hydrogen) atoms. The first-order chi connectivity index (χ1) is 17.4. The molecule has 0 radical (unpaired) electrons. The van der Waals surface area contributed by atoms with Crippen molar-refractivity contribution in [2.24, 2.45) is 5.92 Å². The highest BCUT2D eigenvalue weighted by atomic mass is 35.5. The number of thiophene rings is 1. The van der Waals surface area contributed by atoms with Crippen LogP contribution in [0.2, 0.25) is 5.02 Å². The third kappa shape index (κ3) is 5.30. The molecule has 5 rings (SSSR count). The van der Waals surface area contributed by atoms with Crippen molar-refractivity contribution < 1.29 is 9.53 Å². The molecule has 0 N–H and O–H groups in total. The molecule has 8 heteroatoms. The number of thioether (sulfide) groups is 1.